The molecule has 2 aliphatic carbocycles. The smallest absolute Gasteiger partial charge is 0.310 e. The Morgan fingerprint density at radius 1 is 0.456 bits per heavy atom. The van der Waals surface area contributed by atoms with Crippen LogP contribution < -0.4 is 37.9 Å². The maximum absolute atomic E-state index is 13.5. The van der Waals surface area contributed by atoms with Gasteiger partial charge in [-0.25, -0.2) is 0 Å². The molecule has 27 heteroatoms. The maximum Gasteiger partial charge on any atom is 0.310 e. The van der Waals surface area contributed by atoms with E-state index in [0.29, 0.717) is 52.9 Å². The third-order valence-electron chi connectivity index (χ3n) is 18.2. The fourth-order valence-electron chi connectivity index (χ4n) is 14.0. The van der Waals surface area contributed by atoms with Crippen LogP contribution in [0.3, 0.4) is 0 Å². The number of aromatic hydroxyl groups is 2. The molecule has 8 aliphatic heterocycles. The van der Waals surface area contributed by atoms with Gasteiger partial charge >= 0.3 is 11.9 Å². The van der Waals surface area contributed by atoms with Crippen molar-refractivity contribution in [2.75, 3.05) is 96.9 Å². The van der Waals surface area contributed by atoms with Crippen LogP contribution in [-0.4, -0.2) is 203 Å². The van der Waals surface area contributed by atoms with Crippen LogP contribution >= 0.6 is 0 Å². The summed E-state index contributed by atoms with van der Waals surface area (Å²) in [4.78, 5) is 26.2. The fourth-order valence-corrected chi connectivity index (χ4v) is 14.0. The van der Waals surface area contributed by atoms with Crippen LogP contribution in [0.1, 0.15) is 78.7 Å². The summed E-state index contributed by atoms with van der Waals surface area (Å²) >= 11 is 0. The SMILES string of the molecule is C.COC1C(O)OC2COC(C)OC2C1OC.COc1cc([C@@H]2c3cc4c(cc3C(O)[C@H]3COC(=O)C23)OCO4)cc(OC)c1O.COc1cc([C@@H]2c3cc4c(cc3C(OC3OC5COC(C)OC5C(OC)C3OC)[C@H]3COC(=O)C23)OCO4)cc(OC)c1O. The molecule has 6 fully saturated rings. The summed E-state index contributed by atoms with van der Waals surface area (Å²) in [5.41, 5.74) is 4.38. The van der Waals surface area contributed by atoms with Crippen molar-refractivity contribution in [1.29, 1.82) is 0 Å². The number of methoxy groups -OCH3 is 8. The van der Waals surface area contributed by atoms with E-state index in [9.17, 15) is 30.0 Å². The maximum atomic E-state index is 13.5. The molecule has 0 amide bonds. The number of phenolic OH excluding ortho intramolecular Hbond substituents is 2. The molecule has 4 aromatic carbocycles. The molecule has 14 rings (SSSR count). The first-order chi connectivity index (χ1) is 43.1. The van der Waals surface area contributed by atoms with Crippen LogP contribution in [0.25, 0.3) is 0 Å². The standard InChI is InChI=1S/C31H36O13.C21H20O8.C10H18O6.CH4/c1-13-38-11-22-27(42-13)28(36-4)29(37-5)31(43-22)44-26-16-9-19-18(40-12-41-19)8-15(16)23(24-17(26)10-39-30(24)33)14-6-20(34-2)25(32)21(7-14)35-3;1-25-15-3-9(4-16(26-2)20(15)23)17-10-5-13-14(29-8-28-13)6-11(10)19(22)12-7-27-21(24)18(12)17;1-5-14-4-6-7(15-5)8(12-2)9(13-3)10(11)16-6;/h6-9,13,17,22-24,26-29,31-32H,10-12H2,1-5H3;3-6,12,17-19,22-23H,7-8H2,1-2H3;5-11H,4H2,1-3H3;1H4/t13?,17-,22?,23+,24?,26?,27?,28?,29?,31?;12-,17+,18?,19?;;/m00../s1. The number of carbonyl (C=O) groups excluding carboxylic acids is 2. The van der Waals surface area contributed by atoms with Gasteiger partial charge in [0.15, 0.2) is 71.2 Å². The molecule has 10 aliphatic rings. The third-order valence-corrected chi connectivity index (χ3v) is 18.2. The normalized spacial score (nSPS) is 34.5. The molecule has 8 heterocycles. The number of aliphatic hydroxyl groups is 2. The molecule has 4 N–H and O–H groups in total. The highest BCUT2D eigenvalue weighted by Crippen LogP contribution is 2.59. The zero-order chi connectivity index (χ0) is 62.7. The van der Waals surface area contributed by atoms with Gasteiger partial charge in [0.25, 0.3) is 0 Å². The van der Waals surface area contributed by atoms with Gasteiger partial charge in [-0.05, 0) is 95.8 Å². The summed E-state index contributed by atoms with van der Waals surface area (Å²) < 4.78 is 119. The highest BCUT2D eigenvalue weighted by molar-refractivity contribution is 5.80. The Morgan fingerprint density at radius 3 is 1.31 bits per heavy atom. The van der Waals surface area contributed by atoms with Gasteiger partial charge in [0.1, 0.15) is 48.8 Å². The molecule has 16 unspecified atom stereocenters. The van der Waals surface area contributed by atoms with E-state index in [1.54, 1.807) is 57.7 Å². The molecule has 4 aromatic rings. The molecule has 0 saturated carbocycles. The Labute approximate surface area is 519 Å². The predicted octanol–water partition coefficient (Wildman–Crippen LogP) is 4.88. The summed E-state index contributed by atoms with van der Waals surface area (Å²) in [6.45, 7) is 4.76. The lowest BCUT2D eigenvalue weighted by atomic mass is 9.66. The Balaban J connectivity index is 0.000000155. The van der Waals surface area contributed by atoms with Gasteiger partial charge < -0.3 is 120 Å². The minimum absolute atomic E-state index is 0. The van der Waals surface area contributed by atoms with Gasteiger partial charge in [0.05, 0.1) is 78.9 Å². The molecule has 27 nitrogen and oxygen atoms in total. The Morgan fingerprint density at radius 2 is 0.856 bits per heavy atom. The molecule has 492 valence electrons. The summed E-state index contributed by atoms with van der Waals surface area (Å²) in [6.07, 6.45) is -7.68. The quantitative estimate of drug-likeness (QED) is 0.137. The zero-order valence-electron chi connectivity index (χ0n) is 50.6. The lowest BCUT2D eigenvalue weighted by molar-refractivity contribution is -0.369. The lowest BCUT2D eigenvalue weighted by Gasteiger charge is -2.49. The van der Waals surface area contributed by atoms with Gasteiger partial charge in [0.2, 0.25) is 25.1 Å². The fraction of sp³-hybridized carbons (Fsp3) is 0.587. The van der Waals surface area contributed by atoms with E-state index in [2.05, 4.69) is 0 Å². The van der Waals surface area contributed by atoms with Gasteiger partial charge in [-0.2, -0.15) is 0 Å². The Hall–Kier alpha value is -6.70. The predicted molar refractivity (Wildman–Crippen MR) is 306 cm³/mol. The second-order valence-corrected chi connectivity index (χ2v) is 22.7. The molecule has 6 saturated heterocycles. The largest absolute Gasteiger partial charge is 0.502 e. The first-order valence-corrected chi connectivity index (χ1v) is 29.1. The lowest BCUT2D eigenvalue weighted by Crippen LogP contribution is -2.64. The minimum Gasteiger partial charge on any atom is -0.502 e. The minimum atomic E-state index is -1.02. The average molecular weight is 1270 g/mol. The van der Waals surface area contributed by atoms with Gasteiger partial charge in [0, 0.05) is 52.1 Å². The van der Waals surface area contributed by atoms with Crippen molar-refractivity contribution in [2.24, 2.45) is 23.7 Å². The van der Waals surface area contributed by atoms with Crippen molar-refractivity contribution < 1.29 is 129 Å². The molecule has 0 bridgehead atoms. The molecule has 0 aromatic heterocycles. The van der Waals surface area contributed by atoms with Crippen LogP contribution in [0.5, 0.6) is 57.5 Å². The Bertz CT molecular complexity index is 3180. The summed E-state index contributed by atoms with van der Waals surface area (Å²) in [7, 11) is 12.0. The zero-order valence-corrected chi connectivity index (χ0v) is 50.6. The van der Waals surface area contributed by atoms with Crippen LogP contribution in [0.15, 0.2) is 48.5 Å². The van der Waals surface area contributed by atoms with E-state index in [4.69, 9.17) is 99.5 Å². The second kappa shape index (κ2) is 26.9. The molecule has 90 heavy (non-hydrogen) atoms. The van der Waals surface area contributed by atoms with E-state index in [1.807, 2.05) is 26.0 Å². The number of carbonyl (C=O) groups is 2. The Kier molecular flexibility index (Phi) is 19.3. The number of hydrogen-bond acceptors (Lipinski definition) is 27. The molecule has 20 atom stereocenters. The number of fused-ring (bicyclic) bond motifs is 8. The highest BCUT2D eigenvalue weighted by atomic mass is 16.8. The number of cyclic esters (lactones) is 2. The number of benzene rings is 4. The third kappa shape index (κ3) is 11.5. The molecular formula is C63H78O27. The average Bonchev–Trinajstić information content (AvgIpc) is 1.36. The van der Waals surface area contributed by atoms with E-state index in [0.717, 1.165) is 16.7 Å². The monoisotopic (exact) mass is 1270 g/mol. The number of phenols is 2. The topological polar surface area (TPSA) is 309 Å². The highest BCUT2D eigenvalue weighted by Gasteiger charge is 2.58. The van der Waals surface area contributed by atoms with Crippen molar-refractivity contribution in [1.82, 2.24) is 0 Å². The number of esters is 2. The molecule has 0 radical (unpaired) electrons. The van der Waals surface area contributed by atoms with E-state index in [1.165, 1.54) is 35.5 Å². The van der Waals surface area contributed by atoms with Crippen LogP contribution in [-0.2, 0) is 71.2 Å². The van der Waals surface area contributed by atoms with E-state index >= 15 is 0 Å². The van der Waals surface area contributed by atoms with E-state index in [-0.39, 0.29) is 105 Å². The first-order valence-electron chi connectivity index (χ1n) is 29.1. The van der Waals surface area contributed by atoms with Crippen LogP contribution in [0.4, 0.5) is 0 Å². The van der Waals surface area contributed by atoms with Crippen molar-refractivity contribution in [3.8, 4) is 57.5 Å². The number of ether oxygens (including phenoxy) is 21. The summed E-state index contributed by atoms with van der Waals surface area (Å²) in [5, 5.41) is 41.6. The van der Waals surface area contributed by atoms with Crippen LogP contribution in [0.2, 0.25) is 0 Å². The first kappa shape index (κ1) is 64.8. The summed E-state index contributed by atoms with van der Waals surface area (Å²) in [6, 6.07) is 14.1. The number of hydrogen-bond donors (Lipinski definition) is 4. The van der Waals surface area contributed by atoms with Crippen molar-refractivity contribution in [2.45, 2.75) is 119 Å². The summed E-state index contributed by atoms with van der Waals surface area (Å²) in [5.74, 6) is -0.856. The number of rotatable bonds is 12. The van der Waals surface area contributed by atoms with Crippen molar-refractivity contribution in [3.63, 3.8) is 0 Å². The van der Waals surface area contributed by atoms with Crippen molar-refractivity contribution in [3.05, 3.63) is 81.9 Å². The van der Waals surface area contributed by atoms with Crippen LogP contribution in [0, 0.1) is 23.7 Å². The number of aliphatic hydroxyl groups excluding tert-OH is 2. The van der Waals surface area contributed by atoms with Crippen molar-refractivity contribution >= 4 is 11.9 Å². The van der Waals surface area contributed by atoms with E-state index < -0.39 is 97.1 Å². The van der Waals surface area contributed by atoms with Gasteiger partial charge in [-0.15, -0.1) is 0 Å². The van der Waals surface area contributed by atoms with Gasteiger partial charge in [-0.1, -0.05) is 7.43 Å². The molecular weight excluding hydrogens is 1190 g/mol. The second-order valence-electron chi connectivity index (χ2n) is 22.7. The molecule has 0 spiro atoms. The van der Waals surface area contributed by atoms with Gasteiger partial charge in [-0.3, -0.25) is 9.59 Å².